The molecule has 1 aromatic heterocycles. The monoisotopic (exact) mass is 259 g/mol. The number of hydrogen-bond acceptors (Lipinski definition) is 3. The van der Waals surface area contributed by atoms with Crippen molar-refractivity contribution >= 4 is 0 Å². The lowest BCUT2D eigenvalue weighted by molar-refractivity contribution is 0.295. The first-order chi connectivity index (χ1) is 9.15. The van der Waals surface area contributed by atoms with Crippen LogP contribution in [0, 0.1) is 6.92 Å². The van der Waals surface area contributed by atoms with E-state index in [9.17, 15) is 0 Å². The highest BCUT2D eigenvalue weighted by molar-refractivity contribution is 5.37. The molecule has 0 amide bonds. The zero-order chi connectivity index (χ0) is 13.7. The highest BCUT2D eigenvalue weighted by Crippen LogP contribution is 2.21. The Labute approximate surface area is 114 Å². The molecular formula is C15H21N3O. The number of nitrogens with zero attached hydrogens (tertiary/aromatic N) is 2. The van der Waals surface area contributed by atoms with Gasteiger partial charge in [-0.15, -0.1) is 0 Å². The van der Waals surface area contributed by atoms with Crippen molar-refractivity contribution in [2.24, 2.45) is 5.73 Å². The van der Waals surface area contributed by atoms with E-state index >= 15 is 0 Å². The summed E-state index contributed by atoms with van der Waals surface area (Å²) in [5.41, 5.74) is 8.30. The number of rotatable bonds is 6. The smallest absolute Gasteiger partial charge is 0.122 e. The molecule has 19 heavy (non-hydrogen) atoms. The molecule has 0 saturated carbocycles. The Bertz CT molecular complexity index is 506. The van der Waals surface area contributed by atoms with Gasteiger partial charge in [-0.1, -0.05) is 17.7 Å². The van der Waals surface area contributed by atoms with Gasteiger partial charge in [-0.05, 0) is 31.9 Å². The minimum absolute atomic E-state index is 0.137. The molecule has 0 aliphatic rings. The van der Waals surface area contributed by atoms with E-state index in [1.165, 1.54) is 11.1 Å². The van der Waals surface area contributed by atoms with Crippen molar-refractivity contribution in [3.05, 3.63) is 48.0 Å². The predicted molar refractivity (Wildman–Crippen MR) is 76.3 cm³/mol. The van der Waals surface area contributed by atoms with Crippen LogP contribution in [0.15, 0.2) is 36.9 Å². The van der Waals surface area contributed by atoms with Crippen molar-refractivity contribution in [1.29, 1.82) is 0 Å². The molecule has 0 fully saturated rings. The summed E-state index contributed by atoms with van der Waals surface area (Å²) in [5.74, 6) is 0.933. The Morgan fingerprint density at radius 3 is 2.95 bits per heavy atom. The Balaban J connectivity index is 1.98. The van der Waals surface area contributed by atoms with E-state index in [2.05, 4.69) is 24.0 Å². The van der Waals surface area contributed by atoms with Crippen LogP contribution < -0.4 is 10.5 Å². The summed E-state index contributed by atoms with van der Waals surface area (Å²) in [4.78, 5) is 4.01. The lowest BCUT2D eigenvalue weighted by Crippen LogP contribution is -2.18. The summed E-state index contributed by atoms with van der Waals surface area (Å²) in [6.07, 6.45) is 6.33. The molecule has 2 N–H and O–H groups in total. The van der Waals surface area contributed by atoms with Gasteiger partial charge < -0.3 is 15.0 Å². The van der Waals surface area contributed by atoms with Gasteiger partial charge in [0.15, 0.2) is 0 Å². The second kappa shape index (κ2) is 6.38. The van der Waals surface area contributed by atoms with E-state index < -0.39 is 0 Å². The Morgan fingerprint density at radius 1 is 1.42 bits per heavy atom. The maximum Gasteiger partial charge on any atom is 0.122 e. The second-order valence-corrected chi connectivity index (χ2v) is 4.94. The number of nitrogens with two attached hydrogens (primary N) is 1. The van der Waals surface area contributed by atoms with Crippen LogP contribution >= 0.6 is 0 Å². The molecule has 1 unspecified atom stereocenters. The summed E-state index contributed by atoms with van der Waals surface area (Å²) in [7, 11) is 0. The molecule has 0 saturated heterocycles. The van der Waals surface area contributed by atoms with Crippen LogP contribution in [0.3, 0.4) is 0 Å². The Morgan fingerprint density at radius 2 is 2.26 bits per heavy atom. The van der Waals surface area contributed by atoms with Gasteiger partial charge >= 0.3 is 0 Å². The standard InChI is InChI=1S/C15H21N3O/c1-12-3-4-15(14(9-12)10-13(2)16)19-8-7-18-6-5-17-11-18/h3-6,9,11,13H,7-8,10,16H2,1-2H3. The molecule has 1 atom stereocenters. The number of benzene rings is 1. The number of aryl methyl sites for hydroxylation is 1. The molecule has 0 bridgehead atoms. The van der Waals surface area contributed by atoms with Crippen LogP contribution in [0.1, 0.15) is 18.1 Å². The second-order valence-electron chi connectivity index (χ2n) is 4.94. The maximum atomic E-state index is 5.88. The summed E-state index contributed by atoms with van der Waals surface area (Å²) in [6.45, 7) is 5.52. The predicted octanol–water partition coefficient (Wildman–Crippen LogP) is 2.16. The van der Waals surface area contributed by atoms with Crippen LogP contribution in [0.25, 0.3) is 0 Å². The van der Waals surface area contributed by atoms with Gasteiger partial charge in [0.05, 0.1) is 12.9 Å². The average molecular weight is 259 g/mol. The fraction of sp³-hybridized carbons (Fsp3) is 0.400. The fourth-order valence-corrected chi connectivity index (χ4v) is 2.04. The van der Waals surface area contributed by atoms with Crippen LogP contribution in [0.2, 0.25) is 0 Å². The highest BCUT2D eigenvalue weighted by Gasteiger charge is 2.06. The van der Waals surface area contributed by atoms with Crippen LogP contribution in [0.5, 0.6) is 5.75 Å². The number of ether oxygens (including phenoxy) is 1. The van der Waals surface area contributed by atoms with Crippen molar-refractivity contribution in [2.75, 3.05) is 6.61 Å². The molecule has 4 heteroatoms. The highest BCUT2D eigenvalue weighted by atomic mass is 16.5. The molecule has 2 rings (SSSR count). The van der Waals surface area contributed by atoms with Gasteiger partial charge in [0.25, 0.3) is 0 Å². The zero-order valence-corrected chi connectivity index (χ0v) is 11.5. The molecule has 0 radical (unpaired) electrons. The number of imidazole rings is 1. The van der Waals surface area contributed by atoms with Crippen LogP contribution in [-0.4, -0.2) is 22.2 Å². The molecular weight excluding hydrogens is 238 g/mol. The van der Waals surface area contributed by atoms with Gasteiger partial charge in [0.2, 0.25) is 0 Å². The van der Waals surface area contributed by atoms with E-state index in [0.717, 1.165) is 18.7 Å². The third-order valence-electron chi connectivity index (χ3n) is 2.92. The van der Waals surface area contributed by atoms with E-state index in [0.29, 0.717) is 6.61 Å². The van der Waals surface area contributed by atoms with Gasteiger partial charge in [-0.2, -0.15) is 0 Å². The van der Waals surface area contributed by atoms with Crippen molar-refractivity contribution in [3.63, 3.8) is 0 Å². The molecule has 1 aromatic carbocycles. The molecule has 0 aliphatic carbocycles. The van der Waals surface area contributed by atoms with E-state index in [1.54, 1.807) is 12.5 Å². The van der Waals surface area contributed by atoms with E-state index in [1.807, 2.05) is 23.8 Å². The largest absolute Gasteiger partial charge is 0.491 e. The van der Waals surface area contributed by atoms with E-state index in [-0.39, 0.29) is 6.04 Å². The number of hydrogen-bond donors (Lipinski definition) is 1. The third kappa shape index (κ3) is 4.10. The lowest BCUT2D eigenvalue weighted by Gasteiger charge is -2.14. The molecule has 102 valence electrons. The first-order valence-corrected chi connectivity index (χ1v) is 6.59. The molecule has 4 nitrogen and oxygen atoms in total. The Kier molecular flexibility index (Phi) is 4.58. The SMILES string of the molecule is Cc1ccc(OCCn2ccnc2)c(CC(C)N)c1. The molecule has 2 aromatic rings. The zero-order valence-electron chi connectivity index (χ0n) is 11.5. The van der Waals surface area contributed by atoms with Crippen molar-refractivity contribution in [1.82, 2.24) is 9.55 Å². The normalized spacial score (nSPS) is 12.4. The van der Waals surface area contributed by atoms with Gasteiger partial charge in [0, 0.05) is 18.4 Å². The quantitative estimate of drug-likeness (QED) is 0.865. The number of aromatic nitrogens is 2. The minimum Gasteiger partial charge on any atom is -0.491 e. The summed E-state index contributed by atoms with van der Waals surface area (Å²) in [5, 5.41) is 0. The summed E-state index contributed by atoms with van der Waals surface area (Å²) >= 11 is 0. The lowest BCUT2D eigenvalue weighted by atomic mass is 10.0. The first kappa shape index (κ1) is 13.6. The maximum absolute atomic E-state index is 5.88. The van der Waals surface area contributed by atoms with Crippen LogP contribution in [-0.2, 0) is 13.0 Å². The fourth-order valence-electron chi connectivity index (χ4n) is 2.04. The van der Waals surface area contributed by atoms with Crippen molar-refractivity contribution < 1.29 is 4.74 Å². The molecule has 0 spiro atoms. The van der Waals surface area contributed by atoms with E-state index in [4.69, 9.17) is 10.5 Å². The van der Waals surface area contributed by atoms with Crippen molar-refractivity contribution in [3.8, 4) is 5.75 Å². The molecule has 0 aliphatic heterocycles. The van der Waals surface area contributed by atoms with Gasteiger partial charge in [0.1, 0.15) is 12.4 Å². The van der Waals surface area contributed by atoms with Gasteiger partial charge in [-0.25, -0.2) is 4.98 Å². The van der Waals surface area contributed by atoms with Gasteiger partial charge in [-0.3, -0.25) is 0 Å². The van der Waals surface area contributed by atoms with Crippen molar-refractivity contribution in [2.45, 2.75) is 32.9 Å². The topological polar surface area (TPSA) is 53.1 Å². The summed E-state index contributed by atoms with van der Waals surface area (Å²) in [6, 6.07) is 6.38. The first-order valence-electron chi connectivity index (χ1n) is 6.59. The average Bonchev–Trinajstić information content (AvgIpc) is 2.84. The Hall–Kier alpha value is -1.81. The summed E-state index contributed by atoms with van der Waals surface area (Å²) < 4.78 is 7.86. The molecule has 1 heterocycles. The van der Waals surface area contributed by atoms with Crippen LogP contribution in [0.4, 0.5) is 0 Å². The third-order valence-corrected chi connectivity index (χ3v) is 2.92. The minimum atomic E-state index is 0.137.